The standard InChI is InChI=1S/C6H6N4S2/c7-6-4(9-12-10-6)3-5-8-1-2-11-5/h1-2H,3H2,(H2,7,10). The van der Waals surface area contributed by atoms with Crippen LogP contribution >= 0.6 is 23.1 Å². The van der Waals surface area contributed by atoms with Crippen molar-refractivity contribution < 1.29 is 0 Å². The topological polar surface area (TPSA) is 64.7 Å². The van der Waals surface area contributed by atoms with Gasteiger partial charge in [0, 0.05) is 18.0 Å². The van der Waals surface area contributed by atoms with E-state index in [0.29, 0.717) is 12.2 Å². The zero-order valence-electron chi connectivity index (χ0n) is 6.10. The number of thiazole rings is 1. The van der Waals surface area contributed by atoms with Crippen molar-refractivity contribution in [2.75, 3.05) is 5.73 Å². The van der Waals surface area contributed by atoms with Gasteiger partial charge in [0.1, 0.15) is 5.69 Å². The summed E-state index contributed by atoms with van der Waals surface area (Å²) in [5.74, 6) is 0.523. The average Bonchev–Trinajstić information content (AvgIpc) is 2.65. The number of rotatable bonds is 2. The van der Waals surface area contributed by atoms with Crippen LogP contribution in [0, 0.1) is 0 Å². The van der Waals surface area contributed by atoms with Crippen molar-refractivity contribution >= 4 is 28.9 Å². The lowest BCUT2D eigenvalue weighted by Crippen LogP contribution is -1.93. The highest BCUT2D eigenvalue weighted by Crippen LogP contribution is 2.14. The van der Waals surface area contributed by atoms with Gasteiger partial charge in [-0.15, -0.1) is 11.3 Å². The second-order valence-corrected chi connectivity index (χ2v) is 3.71. The fourth-order valence-electron chi connectivity index (χ4n) is 0.819. The van der Waals surface area contributed by atoms with Gasteiger partial charge in [0.05, 0.1) is 16.7 Å². The summed E-state index contributed by atoms with van der Waals surface area (Å²) in [6, 6.07) is 0. The average molecular weight is 198 g/mol. The quantitative estimate of drug-likeness (QED) is 0.786. The third-order valence-corrected chi connectivity index (χ3v) is 2.75. The second-order valence-electron chi connectivity index (χ2n) is 2.20. The Balaban J connectivity index is 2.20. The molecule has 0 saturated heterocycles. The number of nitrogen functional groups attached to an aromatic ring is 1. The van der Waals surface area contributed by atoms with Crippen LogP contribution in [0.15, 0.2) is 11.6 Å². The minimum absolute atomic E-state index is 0.523. The van der Waals surface area contributed by atoms with Gasteiger partial charge in [0.15, 0.2) is 5.82 Å². The van der Waals surface area contributed by atoms with E-state index < -0.39 is 0 Å². The lowest BCUT2D eigenvalue weighted by atomic mass is 10.3. The number of anilines is 1. The molecule has 0 aromatic carbocycles. The van der Waals surface area contributed by atoms with Crippen LogP contribution in [-0.4, -0.2) is 13.7 Å². The van der Waals surface area contributed by atoms with Crippen LogP contribution in [-0.2, 0) is 6.42 Å². The maximum atomic E-state index is 5.57. The minimum Gasteiger partial charge on any atom is -0.381 e. The number of nitrogens with two attached hydrogens (primary N) is 1. The Morgan fingerprint density at radius 1 is 1.42 bits per heavy atom. The monoisotopic (exact) mass is 198 g/mol. The van der Waals surface area contributed by atoms with Gasteiger partial charge in [-0.2, -0.15) is 8.75 Å². The summed E-state index contributed by atoms with van der Waals surface area (Å²) in [6.45, 7) is 0. The highest BCUT2D eigenvalue weighted by molar-refractivity contribution is 7.09. The molecule has 0 amide bonds. The molecule has 0 fully saturated rings. The Morgan fingerprint density at radius 3 is 2.92 bits per heavy atom. The summed E-state index contributed by atoms with van der Waals surface area (Å²) in [6.07, 6.45) is 2.47. The van der Waals surface area contributed by atoms with Crippen LogP contribution in [0.1, 0.15) is 10.7 Å². The van der Waals surface area contributed by atoms with Gasteiger partial charge >= 0.3 is 0 Å². The summed E-state index contributed by atoms with van der Waals surface area (Å²) in [5.41, 5.74) is 6.40. The molecule has 4 nitrogen and oxygen atoms in total. The Hall–Kier alpha value is -1.01. The van der Waals surface area contributed by atoms with E-state index in [4.69, 9.17) is 5.73 Å². The molecule has 0 aliphatic heterocycles. The zero-order valence-corrected chi connectivity index (χ0v) is 7.73. The van der Waals surface area contributed by atoms with Gasteiger partial charge in [-0.05, 0) is 0 Å². The first kappa shape index (κ1) is 7.63. The van der Waals surface area contributed by atoms with Gasteiger partial charge in [-0.1, -0.05) is 0 Å². The minimum atomic E-state index is 0.523. The number of aromatic nitrogens is 3. The summed E-state index contributed by atoms with van der Waals surface area (Å²) < 4.78 is 7.95. The van der Waals surface area contributed by atoms with Crippen molar-refractivity contribution in [3.8, 4) is 0 Å². The van der Waals surface area contributed by atoms with Crippen LogP contribution in [0.2, 0.25) is 0 Å². The molecule has 0 saturated carbocycles. The summed E-state index contributed by atoms with van der Waals surface area (Å²) in [7, 11) is 0. The third kappa shape index (κ3) is 1.44. The molecule has 2 rings (SSSR count). The van der Waals surface area contributed by atoms with E-state index in [0.717, 1.165) is 22.4 Å². The summed E-state index contributed by atoms with van der Waals surface area (Å²) in [4.78, 5) is 4.13. The maximum Gasteiger partial charge on any atom is 0.161 e. The molecule has 2 aromatic heterocycles. The molecule has 2 aromatic rings. The molecular formula is C6H6N4S2. The van der Waals surface area contributed by atoms with Gasteiger partial charge in [-0.3, -0.25) is 0 Å². The largest absolute Gasteiger partial charge is 0.381 e. The zero-order chi connectivity index (χ0) is 8.39. The fourth-order valence-corrected chi connectivity index (χ4v) is 1.93. The molecule has 0 atom stereocenters. The van der Waals surface area contributed by atoms with Gasteiger partial charge in [-0.25, -0.2) is 4.98 Å². The third-order valence-electron chi connectivity index (χ3n) is 1.39. The van der Waals surface area contributed by atoms with E-state index in [1.165, 1.54) is 0 Å². The normalized spacial score (nSPS) is 10.3. The van der Waals surface area contributed by atoms with Crippen molar-refractivity contribution in [2.45, 2.75) is 6.42 Å². The van der Waals surface area contributed by atoms with E-state index in [-0.39, 0.29) is 0 Å². The fraction of sp³-hybridized carbons (Fsp3) is 0.167. The molecule has 0 unspecified atom stereocenters. The van der Waals surface area contributed by atoms with Crippen molar-refractivity contribution in [1.29, 1.82) is 0 Å². The molecule has 0 radical (unpaired) electrons. The first-order chi connectivity index (χ1) is 5.86. The lowest BCUT2D eigenvalue weighted by molar-refractivity contribution is 1.10. The molecule has 0 aliphatic carbocycles. The predicted octanol–water partition coefficient (Wildman–Crippen LogP) is 1.17. The van der Waals surface area contributed by atoms with E-state index >= 15 is 0 Å². The first-order valence-electron chi connectivity index (χ1n) is 3.31. The lowest BCUT2D eigenvalue weighted by Gasteiger charge is -1.90. The van der Waals surface area contributed by atoms with Crippen molar-refractivity contribution in [1.82, 2.24) is 13.7 Å². The SMILES string of the molecule is Nc1nsnc1Cc1nccs1. The van der Waals surface area contributed by atoms with Gasteiger partial charge in [0.25, 0.3) is 0 Å². The molecule has 0 aliphatic rings. The Bertz CT molecular complexity index is 353. The highest BCUT2D eigenvalue weighted by Gasteiger charge is 2.06. The van der Waals surface area contributed by atoms with Crippen LogP contribution < -0.4 is 5.73 Å². The summed E-state index contributed by atoms with van der Waals surface area (Å²) >= 11 is 2.74. The molecule has 0 bridgehead atoms. The van der Waals surface area contributed by atoms with Crippen molar-refractivity contribution in [3.05, 3.63) is 22.3 Å². The number of nitrogens with zero attached hydrogens (tertiary/aromatic N) is 3. The van der Waals surface area contributed by atoms with E-state index in [9.17, 15) is 0 Å². The van der Waals surface area contributed by atoms with Crippen LogP contribution in [0.25, 0.3) is 0 Å². The van der Waals surface area contributed by atoms with Gasteiger partial charge in [0.2, 0.25) is 0 Å². The van der Waals surface area contributed by atoms with E-state index in [2.05, 4.69) is 13.7 Å². The molecule has 2 N–H and O–H groups in total. The molecule has 0 spiro atoms. The van der Waals surface area contributed by atoms with Crippen molar-refractivity contribution in [3.63, 3.8) is 0 Å². The Morgan fingerprint density at radius 2 is 2.33 bits per heavy atom. The van der Waals surface area contributed by atoms with E-state index in [1.54, 1.807) is 17.5 Å². The predicted molar refractivity (Wildman–Crippen MR) is 49.2 cm³/mol. The van der Waals surface area contributed by atoms with Gasteiger partial charge < -0.3 is 5.73 Å². The molecule has 12 heavy (non-hydrogen) atoms. The Labute approximate surface area is 77.4 Å². The highest BCUT2D eigenvalue weighted by atomic mass is 32.1. The number of hydrogen-bond acceptors (Lipinski definition) is 6. The molecule has 6 heteroatoms. The smallest absolute Gasteiger partial charge is 0.161 e. The summed E-state index contributed by atoms with van der Waals surface area (Å²) in [5, 5.41) is 2.96. The molecule has 2 heterocycles. The first-order valence-corrected chi connectivity index (χ1v) is 4.92. The molecule has 62 valence electrons. The van der Waals surface area contributed by atoms with Crippen LogP contribution in [0.3, 0.4) is 0 Å². The molecular weight excluding hydrogens is 192 g/mol. The van der Waals surface area contributed by atoms with Crippen LogP contribution in [0.4, 0.5) is 5.82 Å². The van der Waals surface area contributed by atoms with Crippen LogP contribution in [0.5, 0.6) is 0 Å². The maximum absolute atomic E-state index is 5.57. The van der Waals surface area contributed by atoms with Crippen molar-refractivity contribution in [2.24, 2.45) is 0 Å². The van der Waals surface area contributed by atoms with E-state index in [1.807, 2.05) is 5.38 Å². The Kier molecular flexibility index (Phi) is 2.01. The number of hydrogen-bond donors (Lipinski definition) is 1. The second kappa shape index (κ2) is 3.16.